The van der Waals surface area contributed by atoms with Gasteiger partial charge in [0.15, 0.2) is 6.61 Å². The highest BCUT2D eigenvalue weighted by Crippen LogP contribution is 2.23. The molecule has 1 aliphatic heterocycles. The van der Waals surface area contributed by atoms with E-state index in [1.807, 2.05) is 59.5 Å². The molecular weight excluding hydrogens is 400 g/mol. The van der Waals surface area contributed by atoms with Crippen LogP contribution in [0.25, 0.3) is 0 Å². The fraction of sp³-hybridized carbons (Fsp3) is 0.259. The maximum atomic E-state index is 12.9. The molecule has 32 heavy (non-hydrogen) atoms. The average Bonchev–Trinajstić information content (AvgIpc) is 2.85. The van der Waals surface area contributed by atoms with Gasteiger partial charge < -0.3 is 15.0 Å². The number of anilines is 1. The lowest BCUT2D eigenvalue weighted by atomic mass is 10.0. The minimum Gasteiger partial charge on any atom is -0.483 e. The van der Waals surface area contributed by atoms with Gasteiger partial charge in [0.2, 0.25) is 0 Å². The van der Waals surface area contributed by atoms with Gasteiger partial charge in [-0.1, -0.05) is 60.7 Å². The molecule has 0 atom stereocenters. The fourth-order valence-corrected chi connectivity index (χ4v) is 3.98. The van der Waals surface area contributed by atoms with Crippen LogP contribution in [0.3, 0.4) is 0 Å². The lowest BCUT2D eigenvalue weighted by Crippen LogP contribution is -2.36. The molecule has 0 spiro atoms. The summed E-state index contributed by atoms with van der Waals surface area (Å²) in [5, 5.41) is 2.86. The van der Waals surface area contributed by atoms with E-state index < -0.39 is 0 Å². The molecule has 1 aliphatic rings. The van der Waals surface area contributed by atoms with Gasteiger partial charge in [-0.05, 0) is 48.6 Å². The van der Waals surface area contributed by atoms with E-state index in [1.54, 1.807) is 12.1 Å². The highest BCUT2D eigenvalue weighted by molar-refractivity contribution is 6.04. The van der Waals surface area contributed by atoms with Crippen LogP contribution in [0.5, 0.6) is 5.75 Å². The first-order valence-electron chi connectivity index (χ1n) is 11.1. The summed E-state index contributed by atoms with van der Waals surface area (Å²) in [6, 6.07) is 25.1. The number of amides is 2. The number of carbonyl (C=O) groups is 2. The minimum absolute atomic E-state index is 0.0327. The standard InChI is InChI=1S/C27H28N2O3/c30-26(20-32-25-16-8-5-13-22(25)19-21-11-3-1-4-12-21)28-24-15-7-6-14-23(24)27(31)29-17-9-2-10-18-29/h1,3-8,11-16H,2,9-10,17-20H2,(H,28,30). The van der Waals surface area contributed by atoms with E-state index in [0.717, 1.165) is 44.3 Å². The Morgan fingerprint density at radius 3 is 2.31 bits per heavy atom. The number of likely N-dealkylation sites (tertiary alicyclic amines) is 1. The van der Waals surface area contributed by atoms with E-state index in [0.29, 0.717) is 17.0 Å². The topological polar surface area (TPSA) is 58.6 Å². The maximum absolute atomic E-state index is 12.9. The summed E-state index contributed by atoms with van der Waals surface area (Å²) >= 11 is 0. The van der Waals surface area contributed by atoms with Gasteiger partial charge in [0, 0.05) is 19.5 Å². The van der Waals surface area contributed by atoms with Crippen molar-refractivity contribution in [3.05, 3.63) is 95.6 Å². The third-order valence-corrected chi connectivity index (χ3v) is 5.64. The number of rotatable bonds is 7. The molecule has 0 bridgehead atoms. The highest BCUT2D eigenvalue weighted by Gasteiger charge is 2.21. The summed E-state index contributed by atoms with van der Waals surface area (Å²) in [5.74, 6) is 0.359. The molecular formula is C27H28N2O3. The van der Waals surface area contributed by atoms with Crippen LogP contribution >= 0.6 is 0 Å². The molecule has 0 radical (unpaired) electrons. The highest BCUT2D eigenvalue weighted by atomic mass is 16.5. The summed E-state index contributed by atoms with van der Waals surface area (Å²) in [7, 11) is 0. The first kappa shape index (κ1) is 21.6. The van der Waals surface area contributed by atoms with Crippen molar-refractivity contribution in [2.45, 2.75) is 25.7 Å². The molecule has 0 aromatic heterocycles. The molecule has 0 unspecified atom stereocenters. The molecule has 0 saturated carbocycles. The van der Waals surface area contributed by atoms with Crippen molar-refractivity contribution in [1.82, 2.24) is 4.90 Å². The van der Waals surface area contributed by atoms with Crippen LogP contribution in [-0.4, -0.2) is 36.4 Å². The molecule has 4 rings (SSSR count). The van der Waals surface area contributed by atoms with Crippen LogP contribution < -0.4 is 10.1 Å². The molecule has 1 saturated heterocycles. The van der Waals surface area contributed by atoms with Crippen LogP contribution in [-0.2, 0) is 11.2 Å². The smallest absolute Gasteiger partial charge is 0.262 e. The quantitative estimate of drug-likeness (QED) is 0.581. The van der Waals surface area contributed by atoms with Gasteiger partial charge in [-0.15, -0.1) is 0 Å². The summed E-state index contributed by atoms with van der Waals surface area (Å²) in [5.41, 5.74) is 3.24. The van der Waals surface area contributed by atoms with Crippen LogP contribution in [0.1, 0.15) is 40.7 Å². The zero-order chi connectivity index (χ0) is 22.2. The summed E-state index contributed by atoms with van der Waals surface area (Å²) in [6.45, 7) is 1.41. The first-order valence-corrected chi connectivity index (χ1v) is 11.1. The molecule has 1 fully saturated rings. The number of carbonyl (C=O) groups excluding carboxylic acids is 2. The monoisotopic (exact) mass is 428 g/mol. The van der Waals surface area contributed by atoms with Crippen molar-refractivity contribution < 1.29 is 14.3 Å². The van der Waals surface area contributed by atoms with Gasteiger partial charge in [0.1, 0.15) is 5.75 Å². The van der Waals surface area contributed by atoms with Gasteiger partial charge in [-0.25, -0.2) is 0 Å². The number of para-hydroxylation sites is 2. The van der Waals surface area contributed by atoms with Crippen molar-refractivity contribution in [2.75, 3.05) is 25.0 Å². The lowest BCUT2D eigenvalue weighted by Gasteiger charge is -2.27. The largest absolute Gasteiger partial charge is 0.483 e. The summed E-state index contributed by atoms with van der Waals surface area (Å²) in [6.07, 6.45) is 3.93. The molecule has 2 amide bonds. The molecule has 5 heteroatoms. The Balaban J connectivity index is 1.40. The zero-order valence-electron chi connectivity index (χ0n) is 18.1. The Kier molecular flexibility index (Phi) is 7.18. The third kappa shape index (κ3) is 5.55. The Morgan fingerprint density at radius 2 is 1.50 bits per heavy atom. The number of hydrogen-bond donors (Lipinski definition) is 1. The predicted molar refractivity (Wildman–Crippen MR) is 126 cm³/mol. The van der Waals surface area contributed by atoms with E-state index in [1.165, 1.54) is 5.56 Å². The number of benzene rings is 3. The Labute approximate surface area is 189 Å². The first-order chi connectivity index (χ1) is 15.7. The summed E-state index contributed by atoms with van der Waals surface area (Å²) < 4.78 is 5.85. The van der Waals surface area contributed by atoms with Crippen molar-refractivity contribution in [3.63, 3.8) is 0 Å². The molecule has 1 N–H and O–H groups in total. The number of nitrogens with one attached hydrogen (secondary N) is 1. The fourth-order valence-electron chi connectivity index (χ4n) is 3.98. The zero-order valence-corrected chi connectivity index (χ0v) is 18.1. The van der Waals surface area contributed by atoms with E-state index >= 15 is 0 Å². The van der Waals surface area contributed by atoms with Crippen LogP contribution in [0.15, 0.2) is 78.9 Å². The van der Waals surface area contributed by atoms with Gasteiger partial charge in [0.25, 0.3) is 11.8 Å². The van der Waals surface area contributed by atoms with Crippen molar-refractivity contribution in [3.8, 4) is 5.75 Å². The second-order valence-electron chi connectivity index (χ2n) is 8.01. The van der Waals surface area contributed by atoms with E-state index in [4.69, 9.17) is 4.74 Å². The van der Waals surface area contributed by atoms with Crippen LogP contribution in [0, 0.1) is 0 Å². The second kappa shape index (κ2) is 10.6. The normalized spacial score (nSPS) is 13.4. The lowest BCUT2D eigenvalue weighted by molar-refractivity contribution is -0.118. The van der Waals surface area contributed by atoms with Crippen molar-refractivity contribution >= 4 is 17.5 Å². The number of ether oxygens (including phenoxy) is 1. The molecule has 5 nitrogen and oxygen atoms in total. The molecule has 3 aromatic rings. The van der Waals surface area contributed by atoms with E-state index in [-0.39, 0.29) is 18.4 Å². The second-order valence-corrected chi connectivity index (χ2v) is 8.01. The van der Waals surface area contributed by atoms with Crippen molar-refractivity contribution in [2.24, 2.45) is 0 Å². The van der Waals surface area contributed by atoms with Gasteiger partial charge in [-0.3, -0.25) is 9.59 Å². The Morgan fingerprint density at radius 1 is 0.812 bits per heavy atom. The van der Waals surface area contributed by atoms with Crippen molar-refractivity contribution in [1.29, 1.82) is 0 Å². The van der Waals surface area contributed by atoms with Crippen LogP contribution in [0.2, 0.25) is 0 Å². The molecule has 0 aliphatic carbocycles. The predicted octanol–water partition coefficient (Wildman–Crippen LogP) is 4.92. The van der Waals surface area contributed by atoms with E-state index in [9.17, 15) is 9.59 Å². The number of piperidine rings is 1. The third-order valence-electron chi connectivity index (χ3n) is 5.64. The Bertz CT molecular complexity index is 1060. The maximum Gasteiger partial charge on any atom is 0.262 e. The Hall–Kier alpha value is -3.60. The van der Waals surface area contributed by atoms with E-state index in [2.05, 4.69) is 17.4 Å². The van der Waals surface area contributed by atoms with Gasteiger partial charge >= 0.3 is 0 Å². The molecule has 1 heterocycles. The molecule has 3 aromatic carbocycles. The minimum atomic E-state index is -0.293. The summed E-state index contributed by atoms with van der Waals surface area (Å²) in [4.78, 5) is 27.5. The average molecular weight is 429 g/mol. The van der Waals surface area contributed by atoms with Crippen LogP contribution in [0.4, 0.5) is 5.69 Å². The molecule has 164 valence electrons. The van der Waals surface area contributed by atoms with Gasteiger partial charge in [0.05, 0.1) is 11.3 Å². The van der Waals surface area contributed by atoms with Gasteiger partial charge in [-0.2, -0.15) is 0 Å². The SMILES string of the molecule is O=C(COc1ccccc1Cc1ccccc1)Nc1ccccc1C(=O)N1CCCCC1. The number of nitrogens with zero attached hydrogens (tertiary/aromatic N) is 1. The number of hydrogen-bond acceptors (Lipinski definition) is 3.